The van der Waals surface area contributed by atoms with E-state index in [4.69, 9.17) is 4.74 Å². The largest absolute Gasteiger partial charge is 0.465 e. The Morgan fingerprint density at radius 2 is 2.00 bits per heavy atom. The van der Waals surface area contributed by atoms with Crippen LogP contribution >= 0.6 is 0 Å². The van der Waals surface area contributed by atoms with Crippen molar-refractivity contribution in [3.05, 3.63) is 0 Å². The number of esters is 1. The fourth-order valence-electron chi connectivity index (χ4n) is 4.42. The third kappa shape index (κ3) is 3.26. The van der Waals surface area contributed by atoms with Crippen LogP contribution in [0.5, 0.6) is 0 Å². The molecule has 1 heterocycles. The standard InChI is InChI=1S/C17H32N2O2/c1-5-21-16(20)17(19-10-8-18-9-11-19)12-14(4)6-7-15(17)13(2)3/h13-15,18H,5-12H2,1-4H3. The highest BCUT2D eigenvalue weighted by Crippen LogP contribution is 2.45. The number of rotatable bonds is 4. The molecule has 0 amide bonds. The number of carbonyl (C=O) groups is 1. The van der Waals surface area contributed by atoms with Gasteiger partial charge < -0.3 is 10.1 Å². The third-order valence-electron chi connectivity index (χ3n) is 5.36. The molecule has 1 saturated carbocycles. The first-order chi connectivity index (χ1) is 10.0. The summed E-state index contributed by atoms with van der Waals surface area (Å²) in [7, 11) is 0. The Balaban J connectivity index is 2.36. The molecule has 3 unspecified atom stereocenters. The average molecular weight is 296 g/mol. The molecule has 2 fully saturated rings. The SMILES string of the molecule is CCOC(=O)C1(N2CCNCC2)CC(C)CCC1C(C)C. The van der Waals surface area contributed by atoms with Crippen LogP contribution in [0.15, 0.2) is 0 Å². The highest BCUT2D eigenvalue weighted by atomic mass is 16.5. The van der Waals surface area contributed by atoms with E-state index in [1.807, 2.05) is 6.92 Å². The van der Waals surface area contributed by atoms with Crippen molar-refractivity contribution in [1.82, 2.24) is 10.2 Å². The smallest absolute Gasteiger partial charge is 0.326 e. The summed E-state index contributed by atoms with van der Waals surface area (Å²) in [5.41, 5.74) is -0.399. The summed E-state index contributed by atoms with van der Waals surface area (Å²) in [6.45, 7) is 13.1. The van der Waals surface area contributed by atoms with E-state index in [0.717, 1.165) is 39.0 Å². The van der Waals surface area contributed by atoms with Crippen LogP contribution in [0, 0.1) is 17.8 Å². The fraction of sp³-hybridized carbons (Fsp3) is 0.941. The van der Waals surface area contributed by atoms with Crippen molar-refractivity contribution in [3.8, 4) is 0 Å². The van der Waals surface area contributed by atoms with Gasteiger partial charge in [-0.2, -0.15) is 0 Å². The lowest BCUT2D eigenvalue weighted by molar-refractivity contribution is -0.170. The Hall–Kier alpha value is -0.610. The second kappa shape index (κ2) is 7.10. The van der Waals surface area contributed by atoms with E-state index in [0.29, 0.717) is 24.4 Å². The number of carbonyl (C=O) groups excluding carboxylic acids is 1. The molecule has 3 atom stereocenters. The number of piperazine rings is 1. The van der Waals surface area contributed by atoms with E-state index >= 15 is 0 Å². The van der Waals surface area contributed by atoms with Crippen molar-refractivity contribution >= 4 is 5.97 Å². The summed E-state index contributed by atoms with van der Waals surface area (Å²) in [4.78, 5) is 15.4. The van der Waals surface area contributed by atoms with Crippen molar-refractivity contribution in [2.75, 3.05) is 32.8 Å². The van der Waals surface area contributed by atoms with Crippen LogP contribution in [0.2, 0.25) is 0 Å². The number of ether oxygens (including phenoxy) is 1. The molecule has 4 nitrogen and oxygen atoms in total. The number of hydrogen-bond acceptors (Lipinski definition) is 4. The predicted octanol–water partition coefficient (Wildman–Crippen LogP) is 2.29. The van der Waals surface area contributed by atoms with E-state index in [1.54, 1.807) is 0 Å². The van der Waals surface area contributed by atoms with Crippen molar-refractivity contribution in [3.63, 3.8) is 0 Å². The normalized spacial score (nSPS) is 34.9. The highest BCUT2D eigenvalue weighted by Gasteiger charge is 2.54. The number of nitrogens with zero attached hydrogens (tertiary/aromatic N) is 1. The molecule has 4 heteroatoms. The zero-order valence-electron chi connectivity index (χ0n) is 14.2. The summed E-state index contributed by atoms with van der Waals surface area (Å²) in [5, 5.41) is 3.40. The van der Waals surface area contributed by atoms with Crippen LogP contribution in [-0.2, 0) is 9.53 Å². The van der Waals surface area contributed by atoms with Gasteiger partial charge in [0.05, 0.1) is 6.61 Å². The van der Waals surface area contributed by atoms with Gasteiger partial charge in [0.2, 0.25) is 0 Å². The molecule has 1 aliphatic heterocycles. The van der Waals surface area contributed by atoms with Gasteiger partial charge in [-0.3, -0.25) is 9.69 Å². The molecule has 2 rings (SSSR count). The van der Waals surface area contributed by atoms with Crippen molar-refractivity contribution in [1.29, 1.82) is 0 Å². The fourth-order valence-corrected chi connectivity index (χ4v) is 4.42. The minimum Gasteiger partial charge on any atom is -0.465 e. The second-order valence-electron chi connectivity index (χ2n) is 7.12. The molecule has 2 aliphatic rings. The van der Waals surface area contributed by atoms with Crippen molar-refractivity contribution < 1.29 is 9.53 Å². The lowest BCUT2D eigenvalue weighted by atomic mass is 9.63. The zero-order chi connectivity index (χ0) is 15.5. The van der Waals surface area contributed by atoms with Crippen molar-refractivity contribution in [2.45, 2.75) is 52.5 Å². The first-order valence-electron chi connectivity index (χ1n) is 8.65. The Morgan fingerprint density at radius 1 is 1.33 bits per heavy atom. The highest BCUT2D eigenvalue weighted by molar-refractivity contribution is 5.81. The molecule has 1 aliphatic carbocycles. The number of hydrogen-bond donors (Lipinski definition) is 1. The van der Waals surface area contributed by atoms with Gasteiger partial charge in [0.1, 0.15) is 5.54 Å². The maximum atomic E-state index is 13.0. The van der Waals surface area contributed by atoms with Gasteiger partial charge in [-0.25, -0.2) is 0 Å². The maximum absolute atomic E-state index is 13.0. The lowest BCUT2D eigenvalue weighted by Crippen LogP contribution is -2.66. The molecule has 0 bridgehead atoms. The van der Waals surface area contributed by atoms with E-state index < -0.39 is 5.54 Å². The van der Waals surface area contributed by atoms with Gasteiger partial charge in [0, 0.05) is 26.2 Å². The minimum atomic E-state index is -0.399. The molecule has 0 spiro atoms. The Morgan fingerprint density at radius 3 is 2.57 bits per heavy atom. The molecule has 1 saturated heterocycles. The van der Waals surface area contributed by atoms with E-state index in [2.05, 4.69) is 31.0 Å². The zero-order valence-corrected chi connectivity index (χ0v) is 14.2. The molecule has 122 valence electrons. The molecular weight excluding hydrogens is 264 g/mol. The predicted molar refractivity (Wildman–Crippen MR) is 85.1 cm³/mol. The molecule has 21 heavy (non-hydrogen) atoms. The average Bonchev–Trinajstić information content (AvgIpc) is 2.47. The topological polar surface area (TPSA) is 41.6 Å². The summed E-state index contributed by atoms with van der Waals surface area (Å²) < 4.78 is 5.57. The molecular formula is C17H32N2O2. The molecule has 1 N–H and O–H groups in total. The Labute approximate surface area is 129 Å². The van der Waals surface area contributed by atoms with Gasteiger partial charge in [0.25, 0.3) is 0 Å². The van der Waals surface area contributed by atoms with Crippen LogP contribution in [-0.4, -0.2) is 49.2 Å². The monoisotopic (exact) mass is 296 g/mol. The molecule has 0 aromatic rings. The summed E-state index contributed by atoms with van der Waals surface area (Å²) in [6.07, 6.45) is 3.33. The summed E-state index contributed by atoms with van der Waals surface area (Å²) in [6, 6.07) is 0. The van der Waals surface area contributed by atoms with Crippen LogP contribution in [0.25, 0.3) is 0 Å². The van der Waals surface area contributed by atoms with E-state index in [9.17, 15) is 4.79 Å². The molecule has 0 aromatic carbocycles. The quantitative estimate of drug-likeness (QED) is 0.808. The summed E-state index contributed by atoms with van der Waals surface area (Å²) >= 11 is 0. The lowest BCUT2D eigenvalue weighted by Gasteiger charge is -2.53. The molecule has 0 radical (unpaired) electrons. The number of nitrogens with one attached hydrogen (secondary N) is 1. The Kier molecular flexibility index (Phi) is 5.67. The van der Waals surface area contributed by atoms with Crippen molar-refractivity contribution in [2.24, 2.45) is 17.8 Å². The Bertz CT molecular complexity index is 353. The first kappa shape index (κ1) is 16.8. The van der Waals surface area contributed by atoms with Crippen LogP contribution < -0.4 is 5.32 Å². The first-order valence-corrected chi connectivity index (χ1v) is 8.65. The van der Waals surface area contributed by atoms with E-state index in [-0.39, 0.29) is 5.97 Å². The third-order valence-corrected chi connectivity index (χ3v) is 5.36. The van der Waals surface area contributed by atoms with Crippen LogP contribution in [0.1, 0.15) is 47.0 Å². The summed E-state index contributed by atoms with van der Waals surface area (Å²) in [5.74, 6) is 1.54. The van der Waals surface area contributed by atoms with Crippen LogP contribution in [0.3, 0.4) is 0 Å². The second-order valence-corrected chi connectivity index (χ2v) is 7.12. The van der Waals surface area contributed by atoms with Crippen LogP contribution in [0.4, 0.5) is 0 Å². The van der Waals surface area contributed by atoms with Gasteiger partial charge in [-0.05, 0) is 37.5 Å². The maximum Gasteiger partial charge on any atom is 0.326 e. The van der Waals surface area contributed by atoms with Gasteiger partial charge in [-0.15, -0.1) is 0 Å². The molecule has 0 aromatic heterocycles. The van der Waals surface area contributed by atoms with Gasteiger partial charge in [-0.1, -0.05) is 27.2 Å². The van der Waals surface area contributed by atoms with Gasteiger partial charge >= 0.3 is 5.97 Å². The minimum absolute atomic E-state index is 0.0251. The van der Waals surface area contributed by atoms with E-state index in [1.165, 1.54) is 6.42 Å². The van der Waals surface area contributed by atoms with Gasteiger partial charge in [0.15, 0.2) is 0 Å².